The molecule has 0 fully saturated rings. The van der Waals surface area contributed by atoms with Crippen molar-refractivity contribution >= 4 is 25.1 Å². The van der Waals surface area contributed by atoms with Crippen LogP contribution in [0.3, 0.4) is 0 Å². The molecule has 0 atom stereocenters. The van der Waals surface area contributed by atoms with Crippen molar-refractivity contribution in [1.29, 1.82) is 0 Å². The Balaban J connectivity index is 0.000001000. The number of methoxy groups -OCH3 is 1. The number of ether oxygens (including phenoxy) is 1. The van der Waals surface area contributed by atoms with Crippen LogP contribution in [0.4, 0.5) is 0 Å². The third-order valence-electron chi connectivity index (χ3n) is 1.25. The van der Waals surface area contributed by atoms with Gasteiger partial charge in [-0.05, 0) is 24.3 Å². The van der Waals surface area contributed by atoms with Gasteiger partial charge in [0, 0.05) is 5.56 Å². The summed E-state index contributed by atoms with van der Waals surface area (Å²) in [6, 6.07) is 6.94. The Labute approximate surface area is 77.7 Å². The molecular formula is C8H9LiO2. The molecule has 0 aliphatic heterocycles. The predicted molar refractivity (Wildman–Crippen MR) is 45.5 cm³/mol. The van der Waals surface area contributed by atoms with Gasteiger partial charge in [0.25, 0.3) is 0 Å². The van der Waals surface area contributed by atoms with E-state index in [1.807, 2.05) is 0 Å². The summed E-state index contributed by atoms with van der Waals surface area (Å²) in [4.78, 5) is 10.2. The monoisotopic (exact) mass is 144 g/mol. The van der Waals surface area contributed by atoms with E-state index in [4.69, 9.17) is 4.74 Å². The van der Waals surface area contributed by atoms with Gasteiger partial charge in [-0.15, -0.1) is 0 Å². The molecule has 2 nitrogen and oxygen atoms in total. The third-order valence-corrected chi connectivity index (χ3v) is 1.25. The standard InChI is InChI=1S/C8H8O2.Li.H/c1-10-8-4-2-7(6-9)3-5-8;;/h2-6H,1H3;;. The molecule has 0 bridgehead atoms. The summed E-state index contributed by atoms with van der Waals surface area (Å²) < 4.78 is 4.90. The number of rotatable bonds is 2. The number of aldehydes is 1. The molecule has 0 spiro atoms. The first-order chi connectivity index (χ1) is 4.86. The Morgan fingerprint density at radius 3 is 2.18 bits per heavy atom. The number of hydrogen-bond acceptors (Lipinski definition) is 2. The zero-order chi connectivity index (χ0) is 7.40. The number of hydrogen-bond donors (Lipinski definition) is 0. The molecule has 0 heterocycles. The van der Waals surface area contributed by atoms with Gasteiger partial charge in [-0.2, -0.15) is 0 Å². The molecule has 3 heteroatoms. The molecule has 0 aliphatic carbocycles. The minimum absolute atomic E-state index is 0. The molecule has 1 aromatic rings. The Bertz CT molecular complexity index is 218. The van der Waals surface area contributed by atoms with Crippen LogP contribution in [0, 0.1) is 0 Å². The summed E-state index contributed by atoms with van der Waals surface area (Å²) >= 11 is 0. The van der Waals surface area contributed by atoms with E-state index in [9.17, 15) is 4.79 Å². The Morgan fingerprint density at radius 2 is 1.82 bits per heavy atom. The molecule has 1 aromatic carbocycles. The molecule has 0 N–H and O–H groups in total. The molecule has 0 saturated carbocycles. The summed E-state index contributed by atoms with van der Waals surface area (Å²) in [5, 5.41) is 0. The normalized spacial score (nSPS) is 8.09. The Kier molecular flexibility index (Phi) is 4.68. The van der Waals surface area contributed by atoms with Crippen molar-refractivity contribution in [1.82, 2.24) is 0 Å². The molecule has 0 radical (unpaired) electrons. The average molecular weight is 144 g/mol. The van der Waals surface area contributed by atoms with Crippen LogP contribution in [0.5, 0.6) is 5.75 Å². The van der Waals surface area contributed by atoms with E-state index in [1.165, 1.54) is 0 Å². The summed E-state index contributed by atoms with van der Waals surface area (Å²) in [6.07, 6.45) is 0.805. The molecule has 0 aliphatic rings. The molecule has 0 aromatic heterocycles. The zero-order valence-electron chi connectivity index (χ0n) is 5.70. The predicted octanol–water partition coefficient (Wildman–Crippen LogP) is 0.859. The minimum atomic E-state index is 0. The van der Waals surface area contributed by atoms with Gasteiger partial charge in [0.1, 0.15) is 12.0 Å². The topological polar surface area (TPSA) is 26.3 Å². The van der Waals surface area contributed by atoms with Crippen LogP contribution < -0.4 is 4.74 Å². The molecule has 54 valence electrons. The quantitative estimate of drug-likeness (QED) is 0.454. The van der Waals surface area contributed by atoms with Gasteiger partial charge < -0.3 is 4.74 Å². The maximum absolute atomic E-state index is 10.2. The van der Waals surface area contributed by atoms with Crippen molar-refractivity contribution in [2.45, 2.75) is 0 Å². The van der Waals surface area contributed by atoms with Crippen LogP contribution in [0.1, 0.15) is 10.4 Å². The number of carbonyl (C=O) groups excluding carboxylic acids is 1. The van der Waals surface area contributed by atoms with Gasteiger partial charge in [-0.1, -0.05) is 0 Å². The molecule has 1 rings (SSSR count). The van der Waals surface area contributed by atoms with E-state index in [1.54, 1.807) is 31.4 Å². The van der Waals surface area contributed by atoms with E-state index in [0.717, 1.165) is 12.0 Å². The summed E-state index contributed by atoms with van der Waals surface area (Å²) in [5.74, 6) is 0.769. The second kappa shape index (κ2) is 5.01. The van der Waals surface area contributed by atoms with Crippen LogP contribution >= 0.6 is 0 Å². The first kappa shape index (κ1) is 10.3. The van der Waals surface area contributed by atoms with Crippen LogP contribution in [-0.4, -0.2) is 32.3 Å². The van der Waals surface area contributed by atoms with Gasteiger partial charge in [-0.3, -0.25) is 4.79 Å². The van der Waals surface area contributed by atoms with Crippen molar-refractivity contribution in [3.05, 3.63) is 29.8 Å². The summed E-state index contributed by atoms with van der Waals surface area (Å²) in [5.41, 5.74) is 0.667. The van der Waals surface area contributed by atoms with Crippen molar-refractivity contribution in [2.75, 3.05) is 7.11 Å². The number of carbonyl (C=O) groups is 1. The first-order valence-electron chi connectivity index (χ1n) is 2.96. The third kappa shape index (κ3) is 2.79. The Hall–Kier alpha value is -0.713. The average Bonchev–Trinajstić information content (AvgIpc) is 2.05. The van der Waals surface area contributed by atoms with E-state index in [2.05, 4.69) is 0 Å². The van der Waals surface area contributed by atoms with E-state index in [-0.39, 0.29) is 18.9 Å². The van der Waals surface area contributed by atoms with E-state index in [0.29, 0.717) is 5.56 Å². The van der Waals surface area contributed by atoms with E-state index < -0.39 is 0 Å². The SMILES string of the molecule is COc1ccc(C=O)cc1.[LiH]. The van der Waals surface area contributed by atoms with Crippen LogP contribution in [0.15, 0.2) is 24.3 Å². The zero-order valence-corrected chi connectivity index (χ0v) is 5.70. The van der Waals surface area contributed by atoms with Crippen molar-refractivity contribution in [2.24, 2.45) is 0 Å². The second-order valence-corrected chi connectivity index (χ2v) is 1.89. The van der Waals surface area contributed by atoms with Crippen molar-refractivity contribution in [3.63, 3.8) is 0 Å². The second-order valence-electron chi connectivity index (χ2n) is 1.89. The fourth-order valence-corrected chi connectivity index (χ4v) is 0.682. The van der Waals surface area contributed by atoms with Crippen LogP contribution in [0.2, 0.25) is 0 Å². The first-order valence-corrected chi connectivity index (χ1v) is 2.96. The molecule has 11 heavy (non-hydrogen) atoms. The van der Waals surface area contributed by atoms with Gasteiger partial charge in [-0.25, -0.2) is 0 Å². The molecule has 0 saturated heterocycles. The van der Waals surface area contributed by atoms with Crippen molar-refractivity contribution < 1.29 is 9.53 Å². The fourth-order valence-electron chi connectivity index (χ4n) is 0.682. The summed E-state index contributed by atoms with van der Waals surface area (Å²) in [6.45, 7) is 0. The fraction of sp³-hybridized carbons (Fsp3) is 0.125. The van der Waals surface area contributed by atoms with Crippen LogP contribution in [0.25, 0.3) is 0 Å². The molecular weight excluding hydrogens is 135 g/mol. The van der Waals surface area contributed by atoms with Gasteiger partial charge >= 0.3 is 18.9 Å². The van der Waals surface area contributed by atoms with E-state index >= 15 is 0 Å². The number of benzene rings is 1. The molecule has 0 unspecified atom stereocenters. The maximum atomic E-state index is 10.2. The molecule has 0 amide bonds. The summed E-state index contributed by atoms with van der Waals surface area (Å²) in [7, 11) is 1.59. The van der Waals surface area contributed by atoms with Gasteiger partial charge in [0.15, 0.2) is 0 Å². The van der Waals surface area contributed by atoms with Crippen molar-refractivity contribution in [3.8, 4) is 5.75 Å². The van der Waals surface area contributed by atoms with Crippen LogP contribution in [-0.2, 0) is 0 Å². The van der Waals surface area contributed by atoms with Gasteiger partial charge in [0.05, 0.1) is 7.11 Å². The Morgan fingerprint density at radius 1 is 1.27 bits per heavy atom. The van der Waals surface area contributed by atoms with Gasteiger partial charge in [0.2, 0.25) is 0 Å².